The monoisotopic (exact) mass is 395 g/mol. The Labute approximate surface area is 171 Å². The van der Waals surface area contributed by atoms with Gasteiger partial charge in [-0.2, -0.15) is 5.26 Å². The molecule has 1 aromatic heterocycles. The summed E-state index contributed by atoms with van der Waals surface area (Å²) in [5.74, 6) is 0.0774. The maximum Gasteiger partial charge on any atom is 0.306 e. The Bertz CT molecular complexity index is 962. The molecule has 1 fully saturated rings. The second kappa shape index (κ2) is 7.81. The first-order valence-electron chi connectivity index (χ1n) is 10.5. The molecule has 0 bridgehead atoms. The van der Waals surface area contributed by atoms with E-state index in [2.05, 4.69) is 22.6 Å². The summed E-state index contributed by atoms with van der Waals surface area (Å²) in [5.41, 5.74) is 4.25. The lowest BCUT2D eigenvalue weighted by Crippen LogP contribution is -2.36. The molecule has 0 amide bonds. The SMILES string of the molecule is CC(C)OC(=O)C[C@H]1Cc2c(n(C[C@@H]3[C@H](O)CCN3C)c3ccc(C#N)cc23)C1. The molecule has 4 rings (SSSR count). The molecule has 1 aliphatic heterocycles. The van der Waals surface area contributed by atoms with Crippen LogP contribution in [0.4, 0.5) is 0 Å². The number of rotatable bonds is 5. The van der Waals surface area contributed by atoms with Crippen LogP contribution in [0.5, 0.6) is 0 Å². The van der Waals surface area contributed by atoms with Crippen molar-refractivity contribution in [1.29, 1.82) is 5.26 Å². The lowest BCUT2D eigenvalue weighted by atomic mass is 10.0. The number of aliphatic hydroxyl groups excluding tert-OH is 1. The average molecular weight is 396 g/mol. The molecule has 154 valence electrons. The number of ether oxygens (including phenoxy) is 1. The van der Waals surface area contributed by atoms with Crippen LogP contribution in [0.3, 0.4) is 0 Å². The minimum Gasteiger partial charge on any atom is -0.463 e. The number of esters is 1. The van der Waals surface area contributed by atoms with Gasteiger partial charge in [0.15, 0.2) is 0 Å². The van der Waals surface area contributed by atoms with Crippen molar-refractivity contribution in [3.05, 3.63) is 35.0 Å². The summed E-state index contributed by atoms with van der Waals surface area (Å²) in [7, 11) is 2.06. The Morgan fingerprint density at radius 3 is 2.83 bits per heavy atom. The van der Waals surface area contributed by atoms with E-state index in [1.807, 2.05) is 32.0 Å². The predicted octanol–water partition coefficient (Wildman–Crippen LogP) is 2.63. The molecule has 0 spiro atoms. The van der Waals surface area contributed by atoms with Crippen LogP contribution in [-0.4, -0.2) is 52.4 Å². The number of hydrogen-bond donors (Lipinski definition) is 1. The van der Waals surface area contributed by atoms with Crippen molar-refractivity contribution in [3.8, 4) is 6.07 Å². The van der Waals surface area contributed by atoms with Gasteiger partial charge in [0.1, 0.15) is 0 Å². The van der Waals surface area contributed by atoms with Crippen molar-refractivity contribution in [2.45, 2.75) is 64.3 Å². The first-order chi connectivity index (χ1) is 13.9. The Morgan fingerprint density at radius 1 is 1.38 bits per heavy atom. The van der Waals surface area contributed by atoms with Gasteiger partial charge < -0.3 is 14.4 Å². The summed E-state index contributed by atoms with van der Waals surface area (Å²) in [4.78, 5) is 14.4. The van der Waals surface area contributed by atoms with E-state index < -0.39 is 0 Å². The van der Waals surface area contributed by atoms with Gasteiger partial charge in [0.25, 0.3) is 0 Å². The van der Waals surface area contributed by atoms with Crippen LogP contribution in [-0.2, 0) is 28.9 Å². The van der Waals surface area contributed by atoms with Gasteiger partial charge in [0.2, 0.25) is 0 Å². The summed E-state index contributed by atoms with van der Waals surface area (Å²) in [6.45, 7) is 5.36. The van der Waals surface area contributed by atoms with Gasteiger partial charge in [-0.3, -0.25) is 9.69 Å². The second-order valence-electron chi connectivity index (χ2n) is 8.80. The van der Waals surface area contributed by atoms with E-state index in [1.54, 1.807) is 0 Å². The molecule has 2 heterocycles. The molecule has 0 saturated carbocycles. The van der Waals surface area contributed by atoms with Crippen LogP contribution in [0.2, 0.25) is 0 Å². The Hall–Kier alpha value is -2.36. The highest BCUT2D eigenvalue weighted by atomic mass is 16.5. The minimum absolute atomic E-state index is 0.0790. The maximum atomic E-state index is 12.2. The van der Waals surface area contributed by atoms with Crippen molar-refractivity contribution < 1.29 is 14.6 Å². The Kier molecular flexibility index (Phi) is 5.37. The van der Waals surface area contributed by atoms with Crippen molar-refractivity contribution in [2.24, 2.45) is 5.92 Å². The molecule has 0 radical (unpaired) electrons. The summed E-state index contributed by atoms with van der Waals surface area (Å²) < 4.78 is 7.66. The molecule has 2 aliphatic rings. The van der Waals surface area contributed by atoms with E-state index >= 15 is 0 Å². The lowest BCUT2D eigenvalue weighted by molar-refractivity contribution is -0.148. The summed E-state index contributed by atoms with van der Waals surface area (Å²) >= 11 is 0. The number of nitrogens with zero attached hydrogens (tertiary/aromatic N) is 3. The van der Waals surface area contributed by atoms with Crippen LogP contribution in [0.1, 0.15) is 43.5 Å². The molecule has 3 atom stereocenters. The first kappa shape index (κ1) is 19.9. The van der Waals surface area contributed by atoms with E-state index in [-0.39, 0.29) is 30.1 Å². The topological polar surface area (TPSA) is 78.5 Å². The second-order valence-corrected chi connectivity index (χ2v) is 8.80. The van der Waals surface area contributed by atoms with E-state index in [9.17, 15) is 15.2 Å². The Morgan fingerprint density at radius 2 is 2.17 bits per heavy atom. The normalized spacial score (nSPS) is 24.2. The van der Waals surface area contributed by atoms with E-state index in [0.717, 1.165) is 43.3 Å². The fourth-order valence-electron chi connectivity index (χ4n) is 4.98. The average Bonchev–Trinajstić information content (AvgIpc) is 3.29. The largest absolute Gasteiger partial charge is 0.463 e. The van der Waals surface area contributed by atoms with Crippen molar-refractivity contribution in [1.82, 2.24) is 9.47 Å². The highest BCUT2D eigenvalue weighted by molar-refractivity contribution is 5.87. The molecule has 1 saturated heterocycles. The third-order valence-electron chi connectivity index (χ3n) is 6.37. The zero-order chi connectivity index (χ0) is 20.7. The molecular weight excluding hydrogens is 366 g/mol. The molecule has 29 heavy (non-hydrogen) atoms. The number of benzene rings is 1. The highest BCUT2D eigenvalue weighted by Crippen LogP contribution is 2.38. The predicted molar refractivity (Wildman–Crippen MR) is 110 cm³/mol. The third-order valence-corrected chi connectivity index (χ3v) is 6.37. The van der Waals surface area contributed by atoms with Gasteiger partial charge in [-0.15, -0.1) is 0 Å². The highest BCUT2D eigenvalue weighted by Gasteiger charge is 2.35. The number of fused-ring (bicyclic) bond motifs is 3. The fourth-order valence-corrected chi connectivity index (χ4v) is 4.98. The van der Waals surface area contributed by atoms with Crippen molar-refractivity contribution in [3.63, 3.8) is 0 Å². The van der Waals surface area contributed by atoms with E-state index in [1.165, 1.54) is 11.3 Å². The quantitative estimate of drug-likeness (QED) is 0.788. The van der Waals surface area contributed by atoms with Crippen molar-refractivity contribution >= 4 is 16.9 Å². The first-order valence-corrected chi connectivity index (χ1v) is 10.5. The smallest absolute Gasteiger partial charge is 0.306 e. The number of hydrogen-bond acceptors (Lipinski definition) is 5. The van der Waals surface area contributed by atoms with E-state index in [4.69, 9.17) is 4.74 Å². The summed E-state index contributed by atoms with van der Waals surface area (Å²) in [6, 6.07) is 8.17. The summed E-state index contributed by atoms with van der Waals surface area (Å²) in [6.07, 6.45) is 2.43. The third kappa shape index (κ3) is 3.77. The zero-order valence-electron chi connectivity index (χ0n) is 17.4. The minimum atomic E-state index is -0.329. The molecule has 1 aliphatic carbocycles. The molecule has 2 aromatic rings. The number of carbonyl (C=O) groups excluding carboxylic acids is 1. The fraction of sp³-hybridized carbons (Fsp3) is 0.565. The summed E-state index contributed by atoms with van der Waals surface area (Å²) in [5, 5.41) is 20.9. The maximum absolute atomic E-state index is 12.2. The van der Waals surface area contributed by atoms with Gasteiger partial charge in [-0.25, -0.2) is 0 Å². The molecular formula is C23H29N3O3. The number of aromatic nitrogens is 1. The molecule has 0 unspecified atom stereocenters. The molecule has 6 nitrogen and oxygen atoms in total. The van der Waals surface area contributed by atoms with Gasteiger partial charge in [-0.05, 0) is 69.8 Å². The van der Waals surface area contributed by atoms with E-state index in [0.29, 0.717) is 12.0 Å². The zero-order valence-corrected chi connectivity index (χ0v) is 17.4. The number of likely N-dealkylation sites (N-methyl/N-ethyl adjacent to an activating group) is 1. The van der Waals surface area contributed by atoms with Crippen molar-refractivity contribution in [2.75, 3.05) is 13.6 Å². The van der Waals surface area contributed by atoms with Gasteiger partial charge in [0.05, 0.1) is 29.9 Å². The molecule has 1 aromatic carbocycles. The van der Waals surface area contributed by atoms with Crippen LogP contribution in [0, 0.1) is 17.2 Å². The Balaban J connectivity index is 1.67. The molecule has 6 heteroatoms. The van der Waals surface area contributed by atoms with Crippen LogP contribution >= 0.6 is 0 Å². The lowest BCUT2D eigenvalue weighted by Gasteiger charge is -2.24. The van der Waals surface area contributed by atoms with Crippen LogP contribution in [0.15, 0.2) is 18.2 Å². The van der Waals surface area contributed by atoms with Crippen LogP contribution < -0.4 is 0 Å². The van der Waals surface area contributed by atoms with Gasteiger partial charge in [-0.1, -0.05) is 0 Å². The number of nitriles is 1. The van der Waals surface area contributed by atoms with Crippen LogP contribution in [0.25, 0.3) is 10.9 Å². The number of carbonyl (C=O) groups is 1. The van der Waals surface area contributed by atoms with Gasteiger partial charge >= 0.3 is 5.97 Å². The number of aliphatic hydroxyl groups is 1. The number of likely N-dealkylation sites (tertiary alicyclic amines) is 1. The van der Waals surface area contributed by atoms with Gasteiger partial charge in [0, 0.05) is 36.1 Å². The molecule has 1 N–H and O–H groups in total. The standard InChI is InChI=1S/C23H29N3O3/c1-14(2)29-23(28)11-16-9-18-17-8-15(12-24)4-5-19(17)26(20(18)10-16)13-21-22(27)6-7-25(21)3/h4-5,8,14,16,21-22,27H,6-7,9-11,13H2,1-3H3/t16-,21+,22+/m0/s1.